The number of nitrogens with one attached hydrogen (secondary N) is 1. The molecule has 0 atom stereocenters. The summed E-state index contributed by atoms with van der Waals surface area (Å²) in [6, 6.07) is 16.5. The molecule has 1 saturated carbocycles. The van der Waals surface area contributed by atoms with Crippen LogP contribution in [0.1, 0.15) is 65.4 Å². The number of fused-ring (bicyclic) bond motifs is 4. The predicted octanol–water partition coefficient (Wildman–Crippen LogP) is 5.80. The van der Waals surface area contributed by atoms with Gasteiger partial charge < -0.3 is 15.0 Å². The zero-order valence-electron chi connectivity index (χ0n) is 25.7. The summed E-state index contributed by atoms with van der Waals surface area (Å²) in [6.07, 6.45) is 9.21. The number of benzene rings is 2. The van der Waals surface area contributed by atoms with E-state index in [0.717, 1.165) is 63.3 Å². The Morgan fingerprint density at radius 3 is 2.33 bits per heavy atom. The van der Waals surface area contributed by atoms with E-state index in [-0.39, 0.29) is 23.4 Å². The molecule has 0 radical (unpaired) electrons. The Morgan fingerprint density at radius 2 is 1.60 bits per heavy atom. The number of hydrogen-bond acceptors (Lipinski definition) is 4. The molecule has 222 valence electrons. The highest BCUT2D eigenvalue weighted by atomic mass is 16.4. The van der Waals surface area contributed by atoms with Gasteiger partial charge in [0.05, 0.1) is 11.8 Å². The van der Waals surface area contributed by atoms with E-state index >= 15 is 0 Å². The SMILES string of the molecule is CN1/C(=C/C2C(=O)C(/C=C3/C(CCCCCC(=O)O)=c4c([nH]c5ccccc45)=CC3(C)C)C2=O)C(C)(C)c2ccccc21. The Bertz CT molecular complexity index is 1840. The highest BCUT2D eigenvalue weighted by molar-refractivity contribution is 6.26. The molecule has 6 heteroatoms. The van der Waals surface area contributed by atoms with Crippen LogP contribution < -0.4 is 15.5 Å². The number of ketones is 2. The molecule has 0 bridgehead atoms. The van der Waals surface area contributed by atoms with Gasteiger partial charge in [-0.1, -0.05) is 82.7 Å². The van der Waals surface area contributed by atoms with Crippen LogP contribution in [0.15, 0.2) is 72.0 Å². The zero-order valence-corrected chi connectivity index (χ0v) is 25.7. The standard InChI is InChI=1S/C37H40N2O4/c1-36(2)21-29-33(23-14-9-11-16-28(23)38-29)22(13-7-6-8-18-32(40)41)27(36)19-24-34(42)25(35(24)43)20-31-37(3,4)26-15-10-12-17-30(26)39(31)5/h9-12,14-17,19-21,24-25,38H,6-8,13,18H2,1-5H3,(H,40,41)/b27-19-,31-20+. The third-order valence-corrected chi connectivity index (χ3v) is 9.70. The van der Waals surface area contributed by atoms with Crippen LogP contribution in [0.25, 0.3) is 22.6 Å². The summed E-state index contributed by atoms with van der Waals surface area (Å²) in [5.41, 5.74) is 5.79. The fraction of sp³-hybridized carbons (Fsp3) is 0.378. The number of allylic oxidation sites excluding steroid dienone is 4. The van der Waals surface area contributed by atoms with Gasteiger partial charge in [-0.3, -0.25) is 14.4 Å². The van der Waals surface area contributed by atoms with Crippen LogP contribution in [0, 0.1) is 17.3 Å². The van der Waals surface area contributed by atoms with Crippen molar-refractivity contribution in [1.29, 1.82) is 0 Å². The number of H-pyrrole nitrogens is 1. The van der Waals surface area contributed by atoms with Gasteiger partial charge in [0.25, 0.3) is 0 Å². The minimum Gasteiger partial charge on any atom is -0.481 e. The molecule has 1 fully saturated rings. The van der Waals surface area contributed by atoms with E-state index in [1.165, 1.54) is 5.56 Å². The van der Waals surface area contributed by atoms with Gasteiger partial charge in [0.1, 0.15) is 0 Å². The smallest absolute Gasteiger partial charge is 0.303 e. The van der Waals surface area contributed by atoms with E-state index in [2.05, 4.69) is 67.9 Å². The molecule has 1 aromatic heterocycles. The number of nitrogens with zero attached hydrogens (tertiary/aromatic N) is 1. The number of rotatable bonds is 8. The number of carboxylic acids is 1. The molecule has 0 unspecified atom stereocenters. The van der Waals surface area contributed by atoms with E-state index in [0.29, 0.717) is 6.42 Å². The molecule has 2 aromatic carbocycles. The fourth-order valence-electron chi connectivity index (χ4n) is 7.41. The minimum absolute atomic E-state index is 0.0495. The Kier molecular flexibility index (Phi) is 7.07. The Hall–Kier alpha value is -4.19. The first kappa shape index (κ1) is 28.9. The second-order valence-corrected chi connectivity index (χ2v) is 13.4. The van der Waals surface area contributed by atoms with Gasteiger partial charge in [-0.05, 0) is 54.2 Å². The Labute approximate surface area is 252 Å². The lowest BCUT2D eigenvalue weighted by Gasteiger charge is -2.35. The molecule has 6 rings (SSSR count). The molecular weight excluding hydrogens is 536 g/mol. The van der Waals surface area contributed by atoms with E-state index in [1.54, 1.807) is 0 Å². The average molecular weight is 577 g/mol. The number of aliphatic carboxylic acids is 1. The normalized spacial score (nSPS) is 23.8. The van der Waals surface area contributed by atoms with Crippen molar-refractivity contribution in [1.82, 2.24) is 4.98 Å². The maximum absolute atomic E-state index is 13.7. The van der Waals surface area contributed by atoms with E-state index < -0.39 is 23.2 Å². The summed E-state index contributed by atoms with van der Waals surface area (Å²) in [4.78, 5) is 44.1. The quantitative estimate of drug-likeness (QED) is 0.262. The van der Waals surface area contributed by atoms with Crippen molar-refractivity contribution in [3.8, 4) is 0 Å². The van der Waals surface area contributed by atoms with Crippen molar-refractivity contribution >= 4 is 45.8 Å². The molecule has 0 spiro atoms. The van der Waals surface area contributed by atoms with Crippen molar-refractivity contribution in [3.63, 3.8) is 0 Å². The molecule has 6 nitrogen and oxygen atoms in total. The number of Topliss-reactive ketones (excluding diaryl/α,β-unsaturated/α-hetero) is 2. The number of unbranched alkanes of at least 4 members (excludes halogenated alkanes) is 2. The van der Waals surface area contributed by atoms with Gasteiger partial charge in [-0.15, -0.1) is 0 Å². The van der Waals surface area contributed by atoms with Crippen molar-refractivity contribution in [2.75, 3.05) is 11.9 Å². The van der Waals surface area contributed by atoms with Crippen LogP contribution in [0.4, 0.5) is 5.69 Å². The summed E-state index contributed by atoms with van der Waals surface area (Å²) in [5, 5.41) is 12.4. The van der Waals surface area contributed by atoms with Crippen molar-refractivity contribution < 1.29 is 19.5 Å². The lowest BCUT2D eigenvalue weighted by atomic mass is 9.66. The van der Waals surface area contributed by atoms with Crippen LogP contribution in [-0.4, -0.2) is 34.7 Å². The second kappa shape index (κ2) is 10.5. The summed E-state index contributed by atoms with van der Waals surface area (Å²) in [7, 11) is 2.00. The third-order valence-electron chi connectivity index (χ3n) is 9.70. The number of aromatic amines is 1. The predicted molar refractivity (Wildman–Crippen MR) is 171 cm³/mol. The first-order valence-electron chi connectivity index (χ1n) is 15.3. The molecule has 0 amide bonds. The minimum atomic E-state index is -0.775. The first-order valence-corrected chi connectivity index (χ1v) is 15.3. The summed E-state index contributed by atoms with van der Waals surface area (Å²) >= 11 is 0. The molecular formula is C37H40N2O4. The summed E-state index contributed by atoms with van der Waals surface area (Å²) < 4.78 is 0. The van der Waals surface area contributed by atoms with Gasteiger partial charge >= 0.3 is 5.97 Å². The van der Waals surface area contributed by atoms with Crippen LogP contribution in [0.3, 0.4) is 0 Å². The number of anilines is 1. The monoisotopic (exact) mass is 576 g/mol. The van der Waals surface area contributed by atoms with Crippen LogP contribution >= 0.6 is 0 Å². The summed E-state index contributed by atoms with van der Waals surface area (Å²) in [6.45, 7) is 8.56. The first-order chi connectivity index (χ1) is 20.4. The molecule has 2 heterocycles. The van der Waals surface area contributed by atoms with E-state index in [1.807, 2.05) is 43.5 Å². The fourth-order valence-corrected chi connectivity index (χ4v) is 7.41. The molecule has 3 aliphatic rings. The molecule has 2 aliphatic carbocycles. The second-order valence-electron chi connectivity index (χ2n) is 13.4. The largest absolute Gasteiger partial charge is 0.481 e. The van der Waals surface area contributed by atoms with Crippen LogP contribution in [0.5, 0.6) is 0 Å². The van der Waals surface area contributed by atoms with Gasteiger partial charge in [0.15, 0.2) is 11.6 Å². The molecule has 0 saturated heterocycles. The molecule has 2 N–H and O–H groups in total. The number of carboxylic acid groups (broad SMARTS) is 1. The van der Waals surface area contributed by atoms with Gasteiger partial charge in [-0.25, -0.2) is 0 Å². The molecule has 1 aliphatic heterocycles. The highest BCUT2D eigenvalue weighted by Gasteiger charge is 2.49. The van der Waals surface area contributed by atoms with E-state index in [4.69, 9.17) is 5.11 Å². The number of aromatic nitrogens is 1. The van der Waals surface area contributed by atoms with Crippen molar-refractivity contribution in [3.05, 3.63) is 88.1 Å². The van der Waals surface area contributed by atoms with Gasteiger partial charge in [-0.2, -0.15) is 0 Å². The highest BCUT2D eigenvalue weighted by Crippen LogP contribution is 2.48. The molecule has 3 aromatic rings. The lowest BCUT2D eigenvalue weighted by molar-refractivity contribution is -0.146. The number of carbonyl (C=O) groups excluding carboxylic acids is 2. The Balaban J connectivity index is 1.36. The van der Waals surface area contributed by atoms with Gasteiger partial charge in [0, 0.05) is 57.2 Å². The Morgan fingerprint density at radius 1 is 0.930 bits per heavy atom. The maximum Gasteiger partial charge on any atom is 0.303 e. The maximum atomic E-state index is 13.7. The number of carbonyl (C=O) groups is 3. The van der Waals surface area contributed by atoms with Crippen LogP contribution in [-0.2, 0) is 19.8 Å². The van der Waals surface area contributed by atoms with Crippen molar-refractivity contribution in [2.45, 2.75) is 65.2 Å². The number of likely N-dealkylation sites (N-methyl/N-ethyl adjacent to an activating group) is 1. The zero-order chi connectivity index (χ0) is 30.7. The van der Waals surface area contributed by atoms with E-state index in [9.17, 15) is 14.4 Å². The molecule has 43 heavy (non-hydrogen) atoms. The number of hydrogen-bond donors (Lipinski definition) is 2. The lowest BCUT2D eigenvalue weighted by Crippen LogP contribution is -2.48. The summed E-state index contributed by atoms with van der Waals surface area (Å²) in [5.74, 6) is -2.39. The van der Waals surface area contributed by atoms with Crippen LogP contribution in [0.2, 0.25) is 0 Å². The number of para-hydroxylation sites is 2. The van der Waals surface area contributed by atoms with Gasteiger partial charge in [0.2, 0.25) is 0 Å². The average Bonchev–Trinajstić information content (AvgIpc) is 3.41. The third kappa shape index (κ3) is 4.77. The van der Waals surface area contributed by atoms with Crippen molar-refractivity contribution in [2.24, 2.45) is 17.3 Å². The topological polar surface area (TPSA) is 90.5 Å².